The SMILES string of the molecule is CC(=O)CC[C@@H]1OC(=O)[C@@H]2[C@@H](C(C)C)CC[C@]12C. The molecule has 2 fully saturated rings. The standard InChI is InChI=1S/C15H24O3/c1-9(2)11-7-8-15(4)12(6-5-10(3)16)18-14(17)13(11)15/h9,11-13H,5-8H2,1-4H3/t11-,12+,13+,15-/m1/s1. The molecule has 0 aromatic heterocycles. The van der Waals surface area contributed by atoms with Gasteiger partial charge in [0.15, 0.2) is 0 Å². The van der Waals surface area contributed by atoms with Crippen LogP contribution in [0.2, 0.25) is 0 Å². The minimum atomic E-state index is -0.0531. The number of hydrogen-bond donors (Lipinski definition) is 0. The summed E-state index contributed by atoms with van der Waals surface area (Å²) < 4.78 is 5.57. The van der Waals surface area contributed by atoms with Crippen LogP contribution in [0.3, 0.4) is 0 Å². The number of ketones is 1. The number of Topliss-reactive ketones (excluding diaryl/α,β-unsaturated/α-hetero) is 1. The van der Waals surface area contributed by atoms with Crippen LogP contribution in [0, 0.1) is 23.2 Å². The van der Waals surface area contributed by atoms with Gasteiger partial charge >= 0.3 is 5.97 Å². The number of carbonyl (C=O) groups is 2. The molecular weight excluding hydrogens is 228 g/mol. The van der Waals surface area contributed by atoms with Gasteiger partial charge in [-0.2, -0.15) is 0 Å². The lowest BCUT2D eigenvalue weighted by molar-refractivity contribution is -0.146. The fraction of sp³-hybridized carbons (Fsp3) is 0.867. The molecule has 0 unspecified atom stereocenters. The Hall–Kier alpha value is -0.860. The average molecular weight is 252 g/mol. The highest BCUT2D eigenvalue weighted by molar-refractivity contribution is 5.78. The van der Waals surface area contributed by atoms with Gasteiger partial charge in [0.1, 0.15) is 11.9 Å². The maximum absolute atomic E-state index is 12.1. The van der Waals surface area contributed by atoms with E-state index in [9.17, 15) is 9.59 Å². The third-order valence-corrected chi connectivity index (χ3v) is 5.02. The number of carbonyl (C=O) groups excluding carboxylic acids is 2. The van der Waals surface area contributed by atoms with E-state index in [2.05, 4.69) is 20.8 Å². The Kier molecular flexibility index (Phi) is 3.52. The molecule has 4 atom stereocenters. The monoisotopic (exact) mass is 252 g/mol. The van der Waals surface area contributed by atoms with E-state index in [-0.39, 0.29) is 29.2 Å². The van der Waals surface area contributed by atoms with Gasteiger partial charge in [0.05, 0.1) is 5.92 Å². The topological polar surface area (TPSA) is 43.4 Å². The van der Waals surface area contributed by atoms with E-state index < -0.39 is 0 Å². The van der Waals surface area contributed by atoms with E-state index in [4.69, 9.17) is 4.74 Å². The highest BCUT2D eigenvalue weighted by Crippen LogP contribution is 2.57. The van der Waals surface area contributed by atoms with Crippen LogP contribution >= 0.6 is 0 Å². The molecule has 1 saturated heterocycles. The largest absolute Gasteiger partial charge is 0.462 e. The number of esters is 1. The van der Waals surface area contributed by atoms with E-state index in [0.29, 0.717) is 24.7 Å². The minimum absolute atomic E-state index is 0.0257. The Labute approximate surface area is 109 Å². The molecule has 0 bridgehead atoms. The third kappa shape index (κ3) is 2.08. The number of rotatable bonds is 4. The van der Waals surface area contributed by atoms with E-state index >= 15 is 0 Å². The van der Waals surface area contributed by atoms with E-state index in [1.807, 2.05) is 0 Å². The van der Waals surface area contributed by atoms with Crippen LogP contribution in [0.5, 0.6) is 0 Å². The molecule has 0 amide bonds. The summed E-state index contributed by atoms with van der Waals surface area (Å²) in [5, 5.41) is 0. The van der Waals surface area contributed by atoms with E-state index in [1.165, 1.54) is 0 Å². The first-order valence-electron chi connectivity index (χ1n) is 7.06. The lowest BCUT2D eigenvalue weighted by atomic mass is 9.72. The summed E-state index contributed by atoms with van der Waals surface area (Å²) >= 11 is 0. The van der Waals surface area contributed by atoms with Crippen LogP contribution in [0.4, 0.5) is 0 Å². The molecule has 18 heavy (non-hydrogen) atoms. The summed E-state index contributed by atoms with van der Waals surface area (Å²) in [6, 6.07) is 0. The smallest absolute Gasteiger partial charge is 0.310 e. The molecule has 0 N–H and O–H groups in total. The Morgan fingerprint density at radius 3 is 2.72 bits per heavy atom. The van der Waals surface area contributed by atoms with Crippen LogP contribution in [0.25, 0.3) is 0 Å². The van der Waals surface area contributed by atoms with Crippen molar-refractivity contribution in [3.8, 4) is 0 Å². The molecule has 1 heterocycles. The molecular formula is C15H24O3. The first kappa shape index (κ1) is 13.6. The molecule has 0 radical (unpaired) electrons. The number of hydrogen-bond acceptors (Lipinski definition) is 3. The molecule has 1 saturated carbocycles. The molecule has 3 heteroatoms. The second kappa shape index (κ2) is 4.67. The summed E-state index contributed by atoms with van der Waals surface area (Å²) in [5.74, 6) is 1.17. The van der Waals surface area contributed by atoms with Gasteiger partial charge in [-0.1, -0.05) is 20.8 Å². The quantitative estimate of drug-likeness (QED) is 0.722. The molecule has 2 aliphatic rings. The third-order valence-electron chi connectivity index (χ3n) is 5.02. The Morgan fingerprint density at radius 2 is 2.17 bits per heavy atom. The van der Waals surface area contributed by atoms with Crippen LogP contribution in [0.1, 0.15) is 53.4 Å². The average Bonchev–Trinajstić information content (AvgIpc) is 2.72. The molecule has 1 aliphatic heterocycles. The van der Waals surface area contributed by atoms with Gasteiger partial charge in [0, 0.05) is 11.8 Å². The first-order valence-corrected chi connectivity index (χ1v) is 7.06. The highest BCUT2D eigenvalue weighted by Gasteiger charge is 2.60. The molecule has 2 rings (SSSR count). The molecule has 0 spiro atoms. The second-order valence-corrected chi connectivity index (χ2v) is 6.60. The maximum atomic E-state index is 12.1. The van der Waals surface area contributed by atoms with Crippen molar-refractivity contribution in [3.05, 3.63) is 0 Å². The zero-order valence-electron chi connectivity index (χ0n) is 11.9. The Morgan fingerprint density at radius 1 is 1.50 bits per heavy atom. The lowest BCUT2D eigenvalue weighted by Gasteiger charge is -2.28. The van der Waals surface area contributed by atoms with Gasteiger partial charge in [-0.3, -0.25) is 4.79 Å². The summed E-state index contributed by atoms with van der Waals surface area (Å²) in [6.45, 7) is 8.15. The molecule has 0 aromatic rings. The fourth-order valence-corrected chi connectivity index (χ4v) is 3.88. The molecule has 3 nitrogen and oxygen atoms in total. The van der Waals surface area contributed by atoms with E-state index in [0.717, 1.165) is 12.8 Å². The summed E-state index contributed by atoms with van der Waals surface area (Å²) in [6.07, 6.45) is 3.33. The van der Waals surface area contributed by atoms with Gasteiger partial charge in [-0.05, 0) is 38.0 Å². The predicted molar refractivity (Wildman–Crippen MR) is 69.0 cm³/mol. The van der Waals surface area contributed by atoms with Crippen molar-refractivity contribution in [2.24, 2.45) is 23.2 Å². The van der Waals surface area contributed by atoms with Crippen molar-refractivity contribution in [2.75, 3.05) is 0 Å². The normalized spacial score (nSPS) is 38.9. The Balaban J connectivity index is 2.14. The zero-order chi connectivity index (χ0) is 13.5. The number of cyclic esters (lactones) is 1. The summed E-state index contributed by atoms with van der Waals surface area (Å²) in [5.41, 5.74) is -0.0402. The van der Waals surface area contributed by atoms with Crippen LogP contribution < -0.4 is 0 Å². The maximum Gasteiger partial charge on any atom is 0.310 e. The fourth-order valence-electron chi connectivity index (χ4n) is 3.88. The van der Waals surface area contributed by atoms with Gasteiger partial charge in [-0.15, -0.1) is 0 Å². The minimum Gasteiger partial charge on any atom is -0.462 e. The van der Waals surface area contributed by atoms with Crippen molar-refractivity contribution < 1.29 is 14.3 Å². The Bertz CT molecular complexity index is 361. The van der Waals surface area contributed by atoms with Gasteiger partial charge < -0.3 is 9.53 Å². The highest BCUT2D eigenvalue weighted by atomic mass is 16.6. The van der Waals surface area contributed by atoms with Crippen molar-refractivity contribution >= 4 is 11.8 Å². The van der Waals surface area contributed by atoms with Crippen LogP contribution in [-0.4, -0.2) is 17.9 Å². The van der Waals surface area contributed by atoms with Crippen molar-refractivity contribution in [2.45, 2.75) is 59.5 Å². The van der Waals surface area contributed by atoms with Crippen LogP contribution in [0.15, 0.2) is 0 Å². The summed E-state index contributed by atoms with van der Waals surface area (Å²) in [4.78, 5) is 23.2. The van der Waals surface area contributed by atoms with Gasteiger partial charge in [-0.25, -0.2) is 0 Å². The van der Waals surface area contributed by atoms with Gasteiger partial charge in [0.25, 0.3) is 0 Å². The van der Waals surface area contributed by atoms with Crippen molar-refractivity contribution in [1.82, 2.24) is 0 Å². The van der Waals surface area contributed by atoms with Crippen LogP contribution in [-0.2, 0) is 14.3 Å². The predicted octanol–water partition coefficient (Wildman–Crippen LogP) is 2.97. The number of fused-ring (bicyclic) bond motifs is 1. The zero-order valence-corrected chi connectivity index (χ0v) is 11.9. The van der Waals surface area contributed by atoms with Gasteiger partial charge in [0.2, 0.25) is 0 Å². The number of ether oxygens (including phenoxy) is 1. The molecule has 1 aliphatic carbocycles. The van der Waals surface area contributed by atoms with Crippen molar-refractivity contribution in [1.29, 1.82) is 0 Å². The summed E-state index contributed by atoms with van der Waals surface area (Å²) in [7, 11) is 0. The lowest BCUT2D eigenvalue weighted by Crippen LogP contribution is -2.32. The molecule has 0 aromatic carbocycles. The molecule has 102 valence electrons. The van der Waals surface area contributed by atoms with Crippen molar-refractivity contribution in [3.63, 3.8) is 0 Å². The first-order chi connectivity index (χ1) is 8.36. The van der Waals surface area contributed by atoms with E-state index in [1.54, 1.807) is 6.92 Å². The second-order valence-electron chi connectivity index (χ2n) is 6.60.